The molecule has 0 radical (unpaired) electrons. The van der Waals surface area contributed by atoms with Crippen molar-refractivity contribution >= 4 is 23.6 Å². The Kier molecular flexibility index (Phi) is 6.31. The smallest absolute Gasteiger partial charge is 0.232 e. The fourth-order valence-corrected chi connectivity index (χ4v) is 4.08. The van der Waals surface area contributed by atoms with Gasteiger partial charge in [0.1, 0.15) is 5.82 Å². The molecule has 2 saturated heterocycles. The molecule has 0 spiro atoms. The van der Waals surface area contributed by atoms with Crippen molar-refractivity contribution in [1.29, 1.82) is 0 Å². The van der Waals surface area contributed by atoms with Crippen molar-refractivity contribution in [3.8, 4) is 0 Å². The van der Waals surface area contributed by atoms with Crippen LogP contribution in [0.15, 0.2) is 29.2 Å². The van der Waals surface area contributed by atoms with E-state index >= 15 is 0 Å². The fourth-order valence-electron chi connectivity index (χ4n) is 3.24. The molecule has 1 aromatic carbocycles. The molecular formula is C18H23FN2O3S. The Morgan fingerprint density at radius 2 is 1.92 bits per heavy atom. The third kappa shape index (κ3) is 4.73. The van der Waals surface area contributed by atoms with E-state index in [1.165, 1.54) is 17.8 Å². The maximum absolute atomic E-state index is 13.6. The minimum Gasteiger partial charge on any atom is -0.378 e. The van der Waals surface area contributed by atoms with Crippen LogP contribution < -0.4 is 0 Å². The zero-order valence-electron chi connectivity index (χ0n) is 14.2. The molecule has 3 rings (SSSR count). The SMILES string of the molecule is O=C(CSc1ccccc1F)N1CCCC(C(=O)N2CCOCC2)C1. The topological polar surface area (TPSA) is 49.9 Å². The van der Waals surface area contributed by atoms with E-state index in [1.807, 2.05) is 4.90 Å². The number of carbonyl (C=O) groups excluding carboxylic acids is 2. The summed E-state index contributed by atoms with van der Waals surface area (Å²) >= 11 is 1.21. The summed E-state index contributed by atoms with van der Waals surface area (Å²) in [5.41, 5.74) is 0. The van der Waals surface area contributed by atoms with E-state index in [1.54, 1.807) is 23.1 Å². The second-order valence-corrected chi connectivity index (χ2v) is 7.35. The highest BCUT2D eigenvalue weighted by Crippen LogP contribution is 2.24. The minimum absolute atomic E-state index is 0.0345. The number of hydrogen-bond donors (Lipinski definition) is 0. The number of morpholine rings is 1. The molecule has 2 amide bonds. The zero-order valence-corrected chi connectivity index (χ0v) is 15.0. The number of nitrogens with zero attached hydrogens (tertiary/aromatic N) is 2. The molecule has 0 N–H and O–H groups in total. The van der Waals surface area contributed by atoms with Crippen molar-refractivity contribution < 1.29 is 18.7 Å². The van der Waals surface area contributed by atoms with Crippen LogP contribution in [0.4, 0.5) is 4.39 Å². The molecule has 0 bridgehead atoms. The molecule has 7 heteroatoms. The van der Waals surface area contributed by atoms with Crippen LogP contribution in [-0.4, -0.2) is 66.8 Å². The number of rotatable bonds is 4. The second kappa shape index (κ2) is 8.67. The first-order chi connectivity index (χ1) is 12.1. The van der Waals surface area contributed by atoms with Crippen LogP contribution in [0.1, 0.15) is 12.8 Å². The largest absolute Gasteiger partial charge is 0.378 e. The van der Waals surface area contributed by atoms with Gasteiger partial charge in [-0.15, -0.1) is 11.8 Å². The number of ether oxygens (including phenoxy) is 1. The number of halogens is 1. The van der Waals surface area contributed by atoms with Crippen molar-refractivity contribution in [3.05, 3.63) is 30.1 Å². The summed E-state index contributed by atoms with van der Waals surface area (Å²) in [4.78, 5) is 29.2. The zero-order chi connectivity index (χ0) is 17.6. The van der Waals surface area contributed by atoms with Crippen LogP contribution in [-0.2, 0) is 14.3 Å². The molecule has 2 aliphatic rings. The van der Waals surface area contributed by atoms with Crippen LogP contribution in [0.3, 0.4) is 0 Å². The summed E-state index contributed by atoms with van der Waals surface area (Å²) in [7, 11) is 0. The van der Waals surface area contributed by atoms with Gasteiger partial charge >= 0.3 is 0 Å². The van der Waals surface area contributed by atoms with Gasteiger partial charge in [-0.3, -0.25) is 9.59 Å². The molecule has 0 aliphatic carbocycles. The third-order valence-electron chi connectivity index (χ3n) is 4.63. The lowest BCUT2D eigenvalue weighted by molar-refractivity contribution is -0.143. The molecule has 2 heterocycles. The van der Waals surface area contributed by atoms with Gasteiger partial charge in [-0.2, -0.15) is 0 Å². The lowest BCUT2D eigenvalue weighted by Gasteiger charge is -2.36. The molecule has 25 heavy (non-hydrogen) atoms. The number of carbonyl (C=O) groups is 2. The summed E-state index contributed by atoms with van der Waals surface area (Å²) in [5, 5.41) is 0. The highest BCUT2D eigenvalue weighted by molar-refractivity contribution is 8.00. The first-order valence-corrected chi connectivity index (χ1v) is 9.65. The van der Waals surface area contributed by atoms with Crippen molar-refractivity contribution in [2.75, 3.05) is 45.1 Å². The van der Waals surface area contributed by atoms with Gasteiger partial charge in [0.2, 0.25) is 11.8 Å². The summed E-state index contributed by atoms with van der Waals surface area (Å²) < 4.78 is 18.9. The number of thioether (sulfide) groups is 1. The van der Waals surface area contributed by atoms with E-state index in [0.29, 0.717) is 44.3 Å². The van der Waals surface area contributed by atoms with Crippen molar-refractivity contribution in [2.24, 2.45) is 5.92 Å². The average molecular weight is 366 g/mol. The Balaban J connectivity index is 1.52. The molecule has 2 fully saturated rings. The number of amides is 2. The van der Waals surface area contributed by atoms with Gasteiger partial charge in [0, 0.05) is 31.1 Å². The second-order valence-electron chi connectivity index (χ2n) is 6.34. The van der Waals surface area contributed by atoms with E-state index in [4.69, 9.17) is 4.74 Å². The van der Waals surface area contributed by atoms with Gasteiger partial charge in [0.05, 0.1) is 24.9 Å². The van der Waals surface area contributed by atoms with Crippen molar-refractivity contribution in [2.45, 2.75) is 17.7 Å². The maximum atomic E-state index is 13.6. The number of hydrogen-bond acceptors (Lipinski definition) is 4. The molecule has 2 aliphatic heterocycles. The molecule has 1 aromatic rings. The van der Waals surface area contributed by atoms with Crippen LogP contribution in [0, 0.1) is 11.7 Å². The lowest BCUT2D eigenvalue weighted by atomic mass is 9.96. The Morgan fingerprint density at radius 3 is 2.68 bits per heavy atom. The van der Waals surface area contributed by atoms with Gasteiger partial charge in [-0.25, -0.2) is 4.39 Å². The predicted octanol–water partition coefficient (Wildman–Crippen LogP) is 2.02. The number of likely N-dealkylation sites (tertiary alicyclic amines) is 1. The number of piperidine rings is 1. The monoisotopic (exact) mass is 366 g/mol. The Morgan fingerprint density at radius 1 is 1.16 bits per heavy atom. The van der Waals surface area contributed by atoms with Gasteiger partial charge in [0.25, 0.3) is 0 Å². The van der Waals surface area contributed by atoms with Crippen LogP contribution in [0.5, 0.6) is 0 Å². The van der Waals surface area contributed by atoms with Crippen molar-refractivity contribution in [3.63, 3.8) is 0 Å². The number of benzene rings is 1. The highest BCUT2D eigenvalue weighted by atomic mass is 32.2. The van der Waals surface area contributed by atoms with E-state index < -0.39 is 0 Å². The third-order valence-corrected chi connectivity index (χ3v) is 5.67. The molecule has 1 atom stereocenters. The van der Waals surface area contributed by atoms with E-state index in [-0.39, 0.29) is 29.3 Å². The standard InChI is InChI=1S/C18H23FN2O3S/c19-15-5-1-2-6-16(15)25-13-17(22)21-7-3-4-14(12-21)18(23)20-8-10-24-11-9-20/h1-2,5-6,14H,3-4,7-13H2. The van der Waals surface area contributed by atoms with Gasteiger partial charge < -0.3 is 14.5 Å². The summed E-state index contributed by atoms with van der Waals surface area (Å²) in [6, 6.07) is 6.46. The van der Waals surface area contributed by atoms with Crippen molar-refractivity contribution in [1.82, 2.24) is 9.80 Å². The molecule has 0 aromatic heterocycles. The summed E-state index contributed by atoms with van der Waals surface area (Å²) in [6.07, 6.45) is 1.65. The molecular weight excluding hydrogens is 343 g/mol. The average Bonchev–Trinajstić information content (AvgIpc) is 2.67. The maximum Gasteiger partial charge on any atom is 0.232 e. The Labute approximate surface area is 151 Å². The van der Waals surface area contributed by atoms with Gasteiger partial charge in [-0.1, -0.05) is 12.1 Å². The quantitative estimate of drug-likeness (QED) is 0.765. The summed E-state index contributed by atoms with van der Waals surface area (Å²) in [6.45, 7) is 3.57. The van der Waals surface area contributed by atoms with Gasteiger partial charge in [0.15, 0.2) is 0 Å². The van der Waals surface area contributed by atoms with E-state index in [2.05, 4.69) is 0 Å². The van der Waals surface area contributed by atoms with Crippen LogP contribution >= 0.6 is 11.8 Å². The normalized spacial score (nSPS) is 21.2. The summed E-state index contributed by atoms with van der Waals surface area (Å²) in [5.74, 6) is -0.150. The van der Waals surface area contributed by atoms with E-state index in [0.717, 1.165) is 12.8 Å². The Hall–Kier alpha value is -1.60. The first-order valence-electron chi connectivity index (χ1n) is 8.67. The molecule has 1 unspecified atom stereocenters. The van der Waals surface area contributed by atoms with E-state index in [9.17, 15) is 14.0 Å². The minimum atomic E-state index is -0.306. The first kappa shape index (κ1) is 18.2. The molecule has 0 saturated carbocycles. The van der Waals surface area contributed by atoms with Gasteiger partial charge in [-0.05, 0) is 25.0 Å². The lowest BCUT2D eigenvalue weighted by Crippen LogP contribution is -2.49. The van der Waals surface area contributed by atoms with Crippen LogP contribution in [0.25, 0.3) is 0 Å². The predicted molar refractivity (Wildman–Crippen MR) is 93.8 cm³/mol. The van der Waals surface area contributed by atoms with Crippen LogP contribution in [0.2, 0.25) is 0 Å². The Bertz CT molecular complexity index is 622. The fraction of sp³-hybridized carbons (Fsp3) is 0.556. The molecule has 136 valence electrons. The molecule has 5 nitrogen and oxygen atoms in total. The highest BCUT2D eigenvalue weighted by Gasteiger charge is 2.31.